The molecule has 0 amide bonds. The van der Waals surface area contributed by atoms with Crippen LogP contribution in [-0.2, 0) is 10.0 Å². The van der Waals surface area contributed by atoms with Gasteiger partial charge >= 0.3 is 0 Å². The fraction of sp³-hybridized carbons (Fsp3) is 0. The monoisotopic (exact) mass is 422 g/mol. The maximum atomic E-state index is 12.9. The van der Waals surface area contributed by atoms with Crippen LogP contribution in [0.1, 0.15) is 15.9 Å². The average molecular weight is 423 g/mol. The number of halogens is 1. The van der Waals surface area contributed by atoms with E-state index in [0.717, 1.165) is 0 Å². The summed E-state index contributed by atoms with van der Waals surface area (Å²) < 4.78 is 29.6. The van der Waals surface area contributed by atoms with Gasteiger partial charge in [0.05, 0.1) is 16.3 Å². The van der Waals surface area contributed by atoms with E-state index in [-0.39, 0.29) is 22.1 Å². The molecule has 5 nitrogen and oxygen atoms in total. The zero-order valence-corrected chi connectivity index (χ0v) is 16.6. The molecule has 0 spiro atoms. The van der Waals surface area contributed by atoms with Crippen molar-refractivity contribution in [3.05, 3.63) is 107 Å². The normalized spacial score (nSPS) is 15.0. The highest BCUT2D eigenvalue weighted by Crippen LogP contribution is 2.25. The van der Waals surface area contributed by atoms with Crippen LogP contribution in [0, 0.1) is 0 Å². The number of nitrogens with zero attached hydrogens (tertiary/aromatic N) is 1. The van der Waals surface area contributed by atoms with Gasteiger partial charge in [-0.1, -0.05) is 54.1 Å². The van der Waals surface area contributed by atoms with Crippen LogP contribution < -0.4 is 5.32 Å². The largest absolute Gasteiger partial charge is 0.352 e. The van der Waals surface area contributed by atoms with Crippen LogP contribution in [0.4, 0.5) is 5.69 Å². The number of rotatable bonds is 4. The number of anilines is 1. The molecule has 1 aliphatic rings. The Morgan fingerprint density at radius 3 is 2.10 bits per heavy atom. The first-order valence-corrected chi connectivity index (χ1v) is 10.5. The van der Waals surface area contributed by atoms with E-state index < -0.39 is 10.0 Å². The van der Waals surface area contributed by atoms with Gasteiger partial charge in [-0.15, -0.1) is 0 Å². The smallest absolute Gasteiger partial charge is 0.282 e. The zero-order chi connectivity index (χ0) is 20.4. The third-order valence-corrected chi connectivity index (χ3v) is 5.91. The molecule has 0 bridgehead atoms. The summed E-state index contributed by atoms with van der Waals surface area (Å²) in [5.74, 6) is -0.229. The molecule has 0 heterocycles. The van der Waals surface area contributed by atoms with E-state index in [1.54, 1.807) is 24.3 Å². The molecule has 0 aliphatic heterocycles. The lowest BCUT2D eigenvalue weighted by Crippen LogP contribution is -2.22. The van der Waals surface area contributed by atoms with Gasteiger partial charge in [0.15, 0.2) is 0 Å². The minimum atomic E-state index is -3.99. The molecule has 144 valence electrons. The molecule has 0 saturated carbocycles. The van der Waals surface area contributed by atoms with Gasteiger partial charge in [-0.25, -0.2) is 0 Å². The Kier molecular flexibility index (Phi) is 5.05. The van der Waals surface area contributed by atoms with E-state index in [2.05, 4.69) is 9.71 Å². The fourth-order valence-corrected chi connectivity index (χ4v) is 4.09. The third kappa shape index (κ3) is 3.99. The van der Waals surface area contributed by atoms with Crippen molar-refractivity contribution in [2.45, 2.75) is 4.90 Å². The Labute approximate surface area is 173 Å². The van der Waals surface area contributed by atoms with E-state index in [4.69, 9.17) is 11.6 Å². The Morgan fingerprint density at radius 1 is 0.793 bits per heavy atom. The van der Waals surface area contributed by atoms with Crippen LogP contribution in [-0.4, -0.2) is 19.9 Å². The minimum Gasteiger partial charge on any atom is -0.352 e. The number of hydrogen-bond acceptors (Lipinski definition) is 4. The van der Waals surface area contributed by atoms with E-state index >= 15 is 0 Å². The quantitative estimate of drug-likeness (QED) is 0.660. The number of Topliss-reactive ketones (excluding diaryl/α,β-unsaturated/α-hetero) is 1. The van der Waals surface area contributed by atoms with Gasteiger partial charge in [0.2, 0.25) is 5.78 Å². The Balaban J connectivity index is 1.82. The number of benzene rings is 3. The number of nitrogens with one attached hydrogen (secondary N) is 1. The number of para-hydroxylation sites is 1. The molecule has 7 heteroatoms. The molecule has 4 rings (SSSR count). The second-order valence-corrected chi connectivity index (χ2v) is 8.37. The highest BCUT2D eigenvalue weighted by molar-refractivity contribution is 7.90. The molecule has 0 radical (unpaired) electrons. The van der Waals surface area contributed by atoms with Crippen molar-refractivity contribution in [2.75, 3.05) is 5.32 Å². The molecule has 0 saturated heterocycles. The zero-order valence-electron chi connectivity index (χ0n) is 15.0. The van der Waals surface area contributed by atoms with E-state index in [0.29, 0.717) is 21.8 Å². The van der Waals surface area contributed by atoms with Crippen molar-refractivity contribution in [3.63, 3.8) is 0 Å². The van der Waals surface area contributed by atoms with Gasteiger partial charge in [0.1, 0.15) is 0 Å². The fourth-order valence-electron chi connectivity index (χ4n) is 2.96. The van der Waals surface area contributed by atoms with Crippen LogP contribution in [0.25, 0.3) is 0 Å². The van der Waals surface area contributed by atoms with Gasteiger partial charge < -0.3 is 5.32 Å². The molecule has 1 N–H and O–H groups in total. The third-order valence-electron chi connectivity index (χ3n) is 4.36. The summed E-state index contributed by atoms with van der Waals surface area (Å²) in [6, 6.07) is 21.7. The van der Waals surface area contributed by atoms with Crippen molar-refractivity contribution in [3.8, 4) is 0 Å². The summed E-state index contributed by atoms with van der Waals surface area (Å²) in [6.07, 6.45) is 1.46. The first-order valence-electron chi connectivity index (χ1n) is 8.72. The maximum absolute atomic E-state index is 12.9. The van der Waals surface area contributed by atoms with Gasteiger partial charge in [0.25, 0.3) is 10.0 Å². The van der Waals surface area contributed by atoms with Crippen LogP contribution in [0.2, 0.25) is 5.02 Å². The van der Waals surface area contributed by atoms with Crippen molar-refractivity contribution >= 4 is 38.8 Å². The van der Waals surface area contributed by atoms with Crippen LogP contribution in [0.5, 0.6) is 0 Å². The predicted molar refractivity (Wildman–Crippen MR) is 114 cm³/mol. The first kappa shape index (κ1) is 19.1. The highest BCUT2D eigenvalue weighted by atomic mass is 35.5. The average Bonchev–Trinajstić information content (AvgIpc) is 2.72. The van der Waals surface area contributed by atoms with Crippen LogP contribution in [0.15, 0.2) is 99.9 Å². The summed E-state index contributed by atoms with van der Waals surface area (Å²) in [5, 5.41) is 3.48. The lowest BCUT2D eigenvalue weighted by atomic mass is 9.92. The number of sulfonamides is 1. The van der Waals surface area contributed by atoms with Crippen molar-refractivity contribution in [2.24, 2.45) is 4.40 Å². The summed E-state index contributed by atoms with van der Waals surface area (Å²) in [4.78, 5) is 12.9. The topological polar surface area (TPSA) is 75.6 Å². The van der Waals surface area contributed by atoms with Gasteiger partial charge in [-0.3, -0.25) is 4.79 Å². The first-order chi connectivity index (χ1) is 13.9. The number of ketones is 1. The van der Waals surface area contributed by atoms with Crippen molar-refractivity contribution < 1.29 is 13.2 Å². The van der Waals surface area contributed by atoms with Crippen molar-refractivity contribution in [1.82, 2.24) is 0 Å². The molecular weight excluding hydrogens is 408 g/mol. The molecule has 3 aromatic rings. The Morgan fingerprint density at radius 2 is 1.41 bits per heavy atom. The molecule has 0 aromatic heterocycles. The maximum Gasteiger partial charge on any atom is 0.282 e. The molecule has 0 fully saturated rings. The SMILES string of the molecule is O=C1C(Nc2ccccc2)=C/C(=N/S(=O)(=O)c2ccc(Cl)cc2)c2ccccc21. The molecule has 0 atom stereocenters. The van der Waals surface area contributed by atoms with Crippen LogP contribution in [0.3, 0.4) is 0 Å². The second-order valence-electron chi connectivity index (χ2n) is 6.33. The number of allylic oxidation sites excluding steroid dienone is 2. The number of hydrogen-bond donors (Lipinski definition) is 1. The standard InChI is InChI=1S/C22H15ClN2O3S/c23-15-10-12-17(13-11-15)29(27,28)25-20-14-21(24-16-6-2-1-3-7-16)22(26)19-9-5-4-8-18(19)20/h1-14,24H/b25-20-. The second kappa shape index (κ2) is 7.66. The molecule has 3 aromatic carbocycles. The molecular formula is C22H15ClN2O3S. The lowest BCUT2D eigenvalue weighted by molar-refractivity contribution is 0.103. The summed E-state index contributed by atoms with van der Waals surface area (Å²) in [7, 11) is -3.99. The number of fused-ring (bicyclic) bond motifs is 1. The Hall–Kier alpha value is -3.22. The summed E-state index contributed by atoms with van der Waals surface area (Å²) >= 11 is 5.85. The van der Waals surface area contributed by atoms with E-state index in [1.165, 1.54) is 30.3 Å². The van der Waals surface area contributed by atoms with Gasteiger partial charge in [-0.05, 0) is 42.5 Å². The highest BCUT2D eigenvalue weighted by Gasteiger charge is 2.26. The minimum absolute atomic E-state index is 0.0229. The molecule has 29 heavy (non-hydrogen) atoms. The van der Waals surface area contributed by atoms with Crippen LogP contribution >= 0.6 is 11.6 Å². The van der Waals surface area contributed by atoms with Gasteiger partial charge in [-0.2, -0.15) is 12.8 Å². The molecule has 1 aliphatic carbocycles. The van der Waals surface area contributed by atoms with Gasteiger partial charge in [0, 0.05) is 21.8 Å². The summed E-state index contributed by atoms with van der Waals surface area (Å²) in [6.45, 7) is 0. The summed E-state index contributed by atoms with van der Waals surface area (Å²) in [5.41, 5.74) is 2.01. The number of carbonyl (C=O) groups excluding carboxylic acids is 1. The molecule has 0 unspecified atom stereocenters. The van der Waals surface area contributed by atoms with Crippen molar-refractivity contribution in [1.29, 1.82) is 0 Å². The van der Waals surface area contributed by atoms with E-state index in [9.17, 15) is 13.2 Å². The Bertz CT molecular complexity index is 1250. The lowest BCUT2D eigenvalue weighted by Gasteiger charge is -2.18. The number of carbonyl (C=O) groups is 1. The predicted octanol–water partition coefficient (Wildman–Crippen LogP) is 4.71. The van der Waals surface area contributed by atoms with E-state index in [1.807, 2.05) is 30.3 Å².